The molecule has 1 saturated heterocycles. The number of urea groups is 1. The zero-order valence-electron chi connectivity index (χ0n) is 26.0. The van der Waals surface area contributed by atoms with Crippen LogP contribution in [0.1, 0.15) is 42.4 Å². The van der Waals surface area contributed by atoms with E-state index in [-0.39, 0.29) is 17.9 Å². The lowest BCUT2D eigenvalue weighted by Gasteiger charge is -2.37. The minimum atomic E-state index is -0.757. The van der Waals surface area contributed by atoms with Crippen molar-refractivity contribution in [1.29, 1.82) is 0 Å². The van der Waals surface area contributed by atoms with Crippen LogP contribution in [0.4, 0.5) is 10.5 Å². The minimum absolute atomic E-state index is 0.123. The van der Waals surface area contributed by atoms with Gasteiger partial charge >= 0.3 is 6.03 Å². The Balaban J connectivity index is 1.24. The maximum absolute atomic E-state index is 14.6. The molecule has 4 aromatic rings. The molecule has 2 aliphatic rings. The molecule has 3 heterocycles. The number of hydrogen-bond donors (Lipinski definition) is 2. The van der Waals surface area contributed by atoms with E-state index < -0.39 is 6.04 Å². The summed E-state index contributed by atoms with van der Waals surface area (Å²) in [6, 6.07) is 23.8. The smallest absolute Gasteiger partial charge is 0.318 e. The highest BCUT2D eigenvalue weighted by Gasteiger charge is 2.37. The molecule has 2 atom stereocenters. The van der Waals surface area contributed by atoms with E-state index in [1.54, 1.807) is 4.90 Å². The first-order chi connectivity index (χ1) is 21.4. The van der Waals surface area contributed by atoms with Crippen molar-refractivity contribution < 1.29 is 14.3 Å². The second kappa shape index (κ2) is 13.1. The van der Waals surface area contributed by atoms with Gasteiger partial charge in [0.05, 0.1) is 12.2 Å². The van der Waals surface area contributed by atoms with Crippen LogP contribution in [0.2, 0.25) is 0 Å². The molecule has 3 amide bonds. The van der Waals surface area contributed by atoms with Crippen LogP contribution in [0, 0.1) is 5.92 Å². The van der Waals surface area contributed by atoms with Crippen molar-refractivity contribution in [3.05, 3.63) is 95.7 Å². The first-order valence-electron chi connectivity index (χ1n) is 15.7. The molecule has 6 rings (SSSR count). The quantitative estimate of drug-likeness (QED) is 0.271. The number of rotatable bonds is 8. The van der Waals surface area contributed by atoms with Gasteiger partial charge < -0.3 is 29.7 Å². The summed E-state index contributed by atoms with van der Waals surface area (Å²) in [6.45, 7) is 4.98. The fourth-order valence-electron chi connectivity index (χ4n) is 6.69. The van der Waals surface area contributed by atoms with Gasteiger partial charge in [0.15, 0.2) is 0 Å². The monoisotopic (exact) mass is 593 g/mol. The van der Waals surface area contributed by atoms with Gasteiger partial charge in [-0.05, 0) is 74.2 Å². The summed E-state index contributed by atoms with van der Waals surface area (Å²) in [4.78, 5) is 37.5. The van der Waals surface area contributed by atoms with Crippen molar-refractivity contribution in [1.82, 2.24) is 20.1 Å². The Morgan fingerprint density at radius 1 is 0.977 bits per heavy atom. The number of aromatic amines is 1. The number of benzene rings is 3. The number of H-pyrrole nitrogens is 1. The van der Waals surface area contributed by atoms with Gasteiger partial charge in [-0.25, -0.2) is 4.79 Å². The lowest BCUT2D eigenvalue weighted by atomic mass is 9.90. The number of anilines is 1. The predicted octanol–water partition coefficient (Wildman–Crippen LogP) is 5.79. The number of carbonyl (C=O) groups excluding carboxylic acids is 2. The van der Waals surface area contributed by atoms with Crippen molar-refractivity contribution in [2.75, 3.05) is 45.2 Å². The summed E-state index contributed by atoms with van der Waals surface area (Å²) in [5.41, 5.74) is 5.22. The number of hydrogen-bond acceptors (Lipinski definition) is 4. The molecule has 0 unspecified atom stereocenters. The van der Waals surface area contributed by atoms with Crippen molar-refractivity contribution in [2.45, 2.75) is 44.7 Å². The number of nitrogens with one attached hydrogen (secondary N) is 2. The van der Waals surface area contributed by atoms with Crippen LogP contribution >= 0.6 is 0 Å². The molecular weight excluding hydrogens is 550 g/mol. The minimum Gasteiger partial charge on any atom is -0.490 e. The van der Waals surface area contributed by atoms with Gasteiger partial charge in [-0.1, -0.05) is 61.5 Å². The molecule has 0 aliphatic carbocycles. The Labute approximate surface area is 260 Å². The third kappa shape index (κ3) is 6.45. The van der Waals surface area contributed by atoms with Gasteiger partial charge in [-0.3, -0.25) is 4.79 Å². The first kappa shape index (κ1) is 29.8. The van der Waals surface area contributed by atoms with Crippen LogP contribution < -0.4 is 15.0 Å². The highest BCUT2D eigenvalue weighted by molar-refractivity contribution is 6.01. The van der Waals surface area contributed by atoms with E-state index in [1.807, 2.05) is 74.6 Å². The molecule has 0 bridgehead atoms. The van der Waals surface area contributed by atoms with E-state index in [0.29, 0.717) is 37.9 Å². The summed E-state index contributed by atoms with van der Waals surface area (Å²) in [6.07, 6.45) is 4.90. The van der Waals surface area contributed by atoms with Crippen LogP contribution in [-0.2, 0) is 17.8 Å². The van der Waals surface area contributed by atoms with Crippen LogP contribution in [0.25, 0.3) is 10.9 Å². The van der Waals surface area contributed by atoms with Gasteiger partial charge in [0.2, 0.25) is 5.91 Å². The normalized spacial score (nSPS) is 16.8. The van der Waals surface area contributed by atoms with Crippen molar-refractivity contribution >= 4 is 28.5 Å². The number of nitrogens with zero attached hydrogens (tertiary/aromatic N) is 3. The molecule has 2 N–H and O–H groups in total. The largest absolute Gasteiger partial charge is 0.490 e. The van der Waals surface area contributed by atoms with Gasteiger partial charge in [0.25, 0.3) is 0 Å². The number of ether oxygens (including phenoxy) is 1. The molecular formula is C36H43N5O3. The Morgan fingerprint density at radius 3 is 2.50 bits per heavy atom. The van der Waals surface area contributed by atoms with E-state index in [0.717, 1.165) is 53.5 Å². The standard InChI is InChI=1S/C36H43N5O3/c1-25(30-23-37-31-12-8-7-11-29(30)31)34(35(42)41-19-20-44-33-14-13-28(22-32(33)41)24-39(2)3)38-36(43)40-17-15-27(16-18-40)21-26-9-5-4-6-10-26/h4-14,22-23,25,27,34,37H,15-21,24H2,1-3H3,(H,38,43)/t25-,34-/m1/s1. The fraction of sp³-hybridized carbons (Fsp3) is 0.389. The Hall–Kier alpha value is -4.30. The van der Waals surface area contributed by atoms with E-state index in [1.165, 1.54) is 5.56 Å². The molecule has 0 spiro atoms. The fourth-order valence-corrected chi connectivity index (χ4v) is 6.69. The summed E-state index contributed by atoms with van der Waals surface area (Å²) >= 11 is 0. The number of para-hydroxylation sites is 1. The van der Waals surface area contributed by atoms with Crippen LogP contribution in [0.5, 0.6) is 5.75 Å². The van der Waals surface area contributed by atoms with Crippen molar-refractivity contribution in [2.24, 2.45) is 5.92 Å². The zero-order chi connectivity index (χ0) is 30.6. The molecule has 3 aromatic carbocycles. The SMILES string of the molecule is C[C@H](c1c[nH]c2ccccc12)[C@@H](NC(=O)N1CCC(Cc2ccccc2)CC1)C(=O)N1CCOc2ccc(CN(C)C)cc21. The Morgan fingerprint density at radius 2 is 1.73 bits per heavy atom. The number of aromatic nitrogens is 1. The highest BCUT2D eigenvalue weighted by atomic mass is 16.5. The maximum atomic E-state index is 14.6. The topological polar surface area (TPSA) is 80.9 Å². The van der Waals surface area contributed by atoms with E-state index in [2.05, 4.69) is 45.5 Å². The van der Waals surface area contributed by atoms with Crippen LogP contribution in [0.3, 0.4) is 0 Å². The van der Waals surface area contributed by atoms with Crippen molar-refractivity contribution in [3.63, 3.8) is 0 Å². The second-order valence-electron chi connectivity index (χ2n) is 12.5. The number of piperidine rings is 1. The van der Waals surface area contributed by atoms with E-state index >= 15 is 0 Å². The summed E-state index contributed by atoms with van der Waals surface area (Å²) in [5.74, 6) is 0.846. The molecule has 0 radical (unpaired) electrons. The van der Waals surface area contributed by atoms with Crippen LogP contribution in [0.15, 0.2) is 79.0 Å². The number of carbonyl (C=O) groups is 2. The van der Waals surface area contributed by atoms with E-state index in [4.69, 9.17) is 4.74 Å². The maximum Gasteiger partial charge on any atom is 0.318 e. The molecule has 8 heteroatoms. The van der Waals surface area contributed by atoms with Gasteiger partial charge in [-0.15, -0.1) is 0 Å². The second-order valence-corrected chi connectivity index (χ2v) is 12.5. The predicted molar refractivity (Wildman–Crippen MR) is 175 cm³/mol. The number of fused-ring (bicyclic) bond motifs is 2. The molecule has 1 fully saturated rings. The Kier molecular flexibility index (Phi) is 8.89. The first-order valence-corrected chi connectivity index (χ1v) is 15.7. The lowest BCUT2D eigenvalue weighted by Crippen LogP contribution is -2.56. The van der Waals surface area contributed by atoms with Gasteiger partial charge in [0.1, 0.15) is 18.4 Å². The number of likely N-dealkylation sites (tertiary alicyclic amines) is 1. The van der Waals surface area contributed by atoms with Crippen LogP contribution in [-0.4, -0.2) is 73.1 Å². The average Bonchev–Trinajstić information content (AvgIpc) is 3.47. The third-order valence-electron chi connectivity index (χ3n) is 9.08. The molecule has 0 saturated carbocycles. The zero-order valence-corrected chi connectivity index (χ0v) is 26.0. The molecule has 230 valence electrons. The number of amides is 3. The van der Waals surface area contributed by atoms with Gasteiger partial charge in [0, 0.05) is 42.7 Å². The molecule has 8 nitrogen and oxygen atoms in total. The molecule has 44 heavy (non-hydrogen) atoms. The molecule has 2 aliphatic heterocycles. The third-order valence-corrected chi connectivity index (χ3v) is 9.08. The summed E-state index contributed by atoms with van der Waals surface area (Å²) < 4.78 is 5.95. The van der Waals surface area contributed by atoms with E-state index in [9.17, 15) is 9.59 Å². The Bertz CT molecular complexity index is 1590. The van der Waals surface area contributed by atoms with Crippen molar-refractivity contribution in [3.8, 4) is 5.75 Å². The summed E-state index contributed by atoms with van der Waals surface area (Å²) in [5, 5.41) is 4.27. The average molecular weight is 594 g/mol. The molecule has 1 aromatic heterocycles. The highest BCUT2D eigenvalue weighted by Crippen LogP contribution is 2.35. The summed E-state index contributed by atoms with van der Waals surface area (Å²) in [7, 11) is 4.05. The van der Waals surface area contributed by atoms with Gasteiger partial charge in [-0.2, -0.15) is 0 Å². The lowest BCUT2D eigenvalue weighted by molar-refractivity contribution is -0.121.